The average Bonchev–Trinajstić information content (AvgIpc) is 3.57. The molecule has 1 atom stereocenters. The minimum absolute atomic E-state index is 0.0837. The van der Waals surface area contributed by atoms with Crippen LogP contribution in [0.25, 0.3) is 16.5 Å². The van der Waals surface area contributed by atoms with Crippen molar-refractivity contribution in [1.82, 2.24) is 14.5 Å². The number of rotatable bonds is 8. The number of hydrogen-bond donors (Lipinski definition) is 2. The third kappa shape index (κ3) is 4.30. The van der Waals surface area contributed by atoms with Gasteiger partial charge in [-0.15, -0.1) is 0 Å². The summed E-state index contributed by atoms with van der Waals surface area (Å²) in [6, 6.07) is 14.0. The maximum atomic E-state index is 9.87. The maximum absolute atomic E-state index is 9.87. The molecule has 0 spiro atoms. The van der Waals surface area contributed by atoms with Crippen LogP contribution in [0.2, 0.25) is 0 Å². The van der Waals surface area contributed by atoms with Crippen molar-refractivity contribution in [3.63, 3.8) is 0 Å². The average molecular weight is 476 g/mol. The van der Waals surface area contributed by atoms with Crippen LogP contribution in [-0.2, 0) is 0 Å². The Morgan fingerprint density at radius 3 is 2.51 bits per heavy atom. The third-order valence-corrected chi connectivity index (χ3v) is 6.37. The van der Waals surface area contributed by atoms with Crippen molar-refractivity contribution in [2.24, 2.45) is 0 Å². The number of aromatic nitrogens is 3. The Kier molecular flexibility index (Phi) is 6.33. The van der Waals surface area contributed by atoms with E-state index in [0.717, 1.165) is 41.7 Å². The van der Waals surface area contributed by atoms with Gasteiger partial charge in [0.1, 0.15) is 23.8 Å². The number of nitrogens with zero attached hydrogens (tertiary/aromatic N) is 4. The summed E-state index contributed by atoms with van der Waals surface area (Å²) in [4.78, 5) is 11.7. The predicted octanol–water partition coefficient (Wildman–Crippen LogP) is 4.15. The summed E-state index contributed by atoms with van der Waals surface area (Å²) in [7, 11) is 4.76. The first-order chi connectivity index (χ1) is 17.1. The number of aliphatic hydroxyl groups excluding tert-OH is 1. The highest BCUT2D eigenvalue weighted by Crippen LogP contribution is 2.39. The molecular weight excluding hydrogens is 446 g/mol. The maximum Gasteiger partial charge on any atom is 0.203 e. The number of anilines is 3. The molecule has 3 heterocycles. The minimum atomic E-state index is 0.0837. The van der Waals surface area contributed by atoms with E-state index in [1.807, 2.05) is 41.1 Å². The first-order valence-electron chi connectivity index (χ1n) is 11.5. The molecule has 0 radical (unpaired) electrons. The Labute approximate surface area is 203 Å². The number of hydrogen-bond acceptors (Lipinski definition) is 8. The number of fused-ring (bicyclic) bond motifs is 1. The van der Waals surface area contributed by atoms with Crippen molar-refractivity contribution in [1.29, 1.82) is 0 Å². The molecule has 9 heteroatoms. The molecule has 0 bridgehead atoms. The molecule has 2 aromatic heterocycles. The van der Waals surface area contributed by atoms with Gasteiger partial charge in [0.15, 0.2) is 11.5 Å². The largest absolute Gasteiger partial charge is 0.493 e. The standard InChI is InChI=1S/C26H29N5O4/c1-33-21-12-19(13-22(34-2)25(21)35-3)30-14-24(27-16-30)28-23-11-17-7-4-5-9-20(17)26(29-23)31-10-6-8-18(31)15-32/h4-5,7,9,11-14,16,18,32H,6,8,10,15H2,1-3H3,(H,28,29)/t18-/m1/s1. The Balaban J connectivity index is 1.48. The van der Waals surface area contributed by atoms with E-state index in [-0.39, 0.29) is 12.6 Å². The molecule has 0 saturated carbocycles. The van der Waals surface area contributed by atoms with E-state index >= 15 is 0 Å². The molecule has 1 aliphatic heterocycles. The topological polar surface area (TPSA) is 93.9 Å². The molecule has 0 unspecified atom stereocenters. The summed E-state index contributed by atoms with van der Waals surface area (Å²) in [5.41, 5.74) is 0.815. The van der Waals surface area contributed by atoms with Crippen LogP contribution in [0.5, 0.6) is 17.2 Å². The highest BCUT2D eigenvalue weighted by Gasteiger charge is 2.26. The molecule has 0 aliphatic carbocycles. The summed E-state index contributed by atoms with van der Waals surface area (Å²) in [6.45, 7) is 0.994. The van der Waals surface area contributed by atoms with Crippen molar-refractivity contribution >= 4 is 28.2 Å². The van der Waals surface area contributed by atoms with Crippen LogP contribution in [-0.4, -0.2) is 60.2 Å². The van der Waals surface area contributed by atoms with Crippen molar-refractivity contribution in [2.45, 2.75) is 18.9 Å². The minimum Gasteiger partial charge on any atom is -0.493 e. The van der Waals surface area contributed by atoms with Gasteiger partial charge in [0, 0.05) is 24.1 Å². The van der Waals surface area contributed by atoms with Gasteiger partial charge in [-0.1, -0.05) is 24.3 Å². The Morgan fingerprint density at radius 2 is 1.80 bits per heavy atom. The molecule has 9 nitrogen and oxygen atoms in total. The molecule has 1 saturated heterocycles. The van der Waals surface area contributed by atoms with E-state index in [2.05, 4.69) is 27.3 Å². The second-order valence-corrected chi connectivity index (χ2v) is 8.40. The van der Waals surface area contributed by atoms with Gasteiger partial charge in [-0.2, -0.15) is 0 Å². The monoisotopic (exact) mass is 475 g/mol. The van der Waals surface area contributed by atoms with Gasteiger partial charge in [-0.3, -0.25) is 0 Å². The molecule has 2 N–H and O–H groups in total. The van der Waals surface area contributed by atoms with E-state index in [1.54, 1.807) is 27.7 Å². The molecule has 4 aromatic rings. The SMILES string of the molecule is COc1cc(-n2cnc(Nc3cc4ccccc4c(N4CCC[C@@H]4CO)n3)c2)cc(OC)c1OC. The first kappa shape index (κ1) is 22.8. The number of nitrogens with one attached hydrogen (secondary N) is 1. The van der Waals surface area contributed by atoms with Crippen LogP contribution in [0, 0.1) is 0 Å². The number of benzene rings is 2. The molecule has 182 valence electrons. The fraction of sp³-hybridized carbons (Fsp3) is 0.308. The number of aliphatic hydroxyl groups is 1. The normalized spacial score (nSPS) is 15.4. The lowest BCUT2D eigenvalue weighted by atomic mass is 10.1. The van der Waals surface area contributed by atoms with Crippen LogP contribution < -0.4 is 24.4 Å². The molecule has 1 fully saturated rings. The highest BCUT2D eigenvalue weighted by molar-refractivity contribution is 5.94. The fourth-order valence-corrected chi connectivity index (χ4v) is 4.64. The van der Waals surface area contributed by atoms with Crippen LogP contribution >= 0.6 is 0 Å². The smallest absolute Gasteiger partial charge is 0.203 e. The zero-order valence-electron chi connectivity index (χ0n) is 20.1. The fourth-order valence-electron chi connectivity index (χ4n) is 4.64. The van der Waals surface area contributed by atoms with Crippen LogP contribution in [0.15, 0.2) is 55.0 Å². The van der Waals surface area contributed by atoms with Gasteiger partial charge >= 0.3 is 0 Å². The number of pyridine rings is 1. The molecule has 5 rings (SSSR count). The summed E-state index contributed by atoms with van der Waals surface area (Å²) in [6.07, 6.45) is 5.60. The quantitative estimate of drug-likeness (QED) is 0.393. The van der Waals surface area contributed by atoms with Crippen LogP contribution in [0.4, 0.5) is 17.5 Å². The van der Waals surface area contributed by atoms with E-state index in [9.17, 15) is 5.11 Å². The summed E-state index contributed by atoms with van der Waals surface area (Å²) < 4.78 is 18.2. The second kappa shape index (κ2) is 9.71. The first-order valence-corrected chi connectivity index (χ1v) is 11.5. The van der Waals surface area contributed by atoms with Gasteiger partial charge < -0.3 is 34.1 Å². The number of methoxy groups -OCH3 is 3. The van der Waals surface area contributed by atoms with Crippen molar-refractivity contribution in [2.75, 3.05) is 44.7 Å². The number of imidazole rings is 1. The Bertz CT molecular complexity index is 1310. The Hall–Kier alpha value is -3.98. The van der Waals surface area contributed by atoms with Crippen molar-refractivity contribution in [3.8, 4) is 22.9 Å². The lowest BCUT2D eigenvalue weighted by Gasteiger charge is -2.26. The zero-order chi connectivity index (χ0) is 24.4. The van der Waals surface area contributed by atoms with Crippen LogP contribution in [0.1, 0.15) is 12.8 Å². The second-order valence-electron chi connectivity index (χ2n) is 8.40. The predicted molar refractivity (Wildman–Crippen MR) is 136 cm³/mol. The lowest BCUT2D eigenvalue weighted by molar-refractivity contribution is 0.266. The van der Waals surface area contributed by atoms with Crippen molar-refractivity contribution in [3.05, 3.63) is 55.0 Å². The van der Waals surface area contributed by atoms with Gasteiger partial charge in [0.05, 0.1) is 45.9 Å². The molecule has 0 amide bonds. The molecule has 1 aliphatic rings. The molecular formula is C26H29N5O4. The van der Waals surface area contributed by atoms with Crippen molar-refractivity contribution < 1.29 is 19.3 Å². The van der Waals surface area contributed by atoms with Gasteiger partial charge in [-0.25, -0.2) is 9.97 Å². The summed E-state index contributed by atoms with van der Waals surface area (Å²) >= 11 is 0. The summed E-state index contributed by atoms with van der Waals surface area (Å²) in [5.74, 6) is 3.88. The van der Waals surface area contributed by atoms with Crippen LogP contribution in [0.3, 0.4) is 0 Å². The highest BCUT2D eigenvalue weighted by atomic mass is 16.5. The Morgan fingerprint density at radius 1 is 1.03 bits per heavy atom. The van der Waals surface area contributed by atoms with E-state index in [0.29, 0.717) is 28.9 Å². The lowest BCUT2D eigenvalue weighted by Crippen LogP contribution is -2.33. The van der Waals surface area contributed by atoms with Gasteiger partial charge in [0.2, 0.25) is 5.75 Å². The molecule has 35 heavy (non-hydrogen) atoms. The zero-order valence-corrected chi connectivity index (χ0v) is 20.1. The number of ether oxygens (including phenoxy) is 3. The van der Waals surface area contributed by atoms with Gasteiger partial charge in [-0.05, 0) is 24.3 Å². The summed E-state index contributed by atoms with van der Waals surface area (Å²) in [5, 5.41) is 15.4. The van der Waals surface area contributed by atoms with Gasteiger partial charge in [0.25, 0.3) is 0 Å². The third-order valence-electron chi connectivity index (χ3n) is 6.37. The van der Waals surface area contributed by atoms with E-state index < -0.39 is 0 Å². The molecule has 2 aromatic carbocycles. The van der Waals surface area contributed by atoms with E-state index in [1.165, 1.54) is 0 Å². The van der Waals surface area contributed by atoms with E-state index in [4.69, 9.17) is 19.2 Å².